The van der Waals surface area contributed by atoms with Crippen LogP contribution in [0.15, 0.2) is 5.10 Å². The van der Waals surface area contributed by atoms with Crippen molar-refractivity contribution in [1.29, 1.82) is 0 Å². The maximum Gasteiger partial charge on any atom is 0.250 e. The molecular formula is C6H10N2O. The van der Waals surface area contributed by atoms with Crippen molar-refractivity contribution in [2.75, 3.05) is 7.05 Å². The standard InChI is InChI=1S/C6H10N2O/c1-4-5(2)7-8(3)6(4)9/h4H,1-3H3/t4-/m1/s1. The molecule has 1 aliphatic rings. The van der Waals surface area contributed by atoms with E-state index < -0.39 is 0 Å². The van der Waals surface area contributed by atoms with Gasteiger partial charge in [-0.05, 0) is 13.8 Å². The zero-order valence-electron chi connectivity index (χ0n) is 5.88. The van der Waals surface area contributed by atoms with Crippen molar-refractivity contribution < 1.29 is 4.79 Å². The van der Waals surface area contributed by atoms with Gasteiger partial charge in [-0.15, -0.1) is 0 Å². The second-order valence-electron chi connectivity index (χ2n) is 2.32. The lowest BCUT2D eigenvalue weighted by atomic mass is 10.1. The molecule has 1 aliphatic heterocycles. The molecule has 1 heterocycles. The molecular weight excluding hydrogens is 116 g/mol. The van der Waals surface area contributed by atoms with E-state index in [4.69, 9.17) is 0 Å². The van der Waals surface area contributed by atoms with E-state index in [9.17, 15) is 4.79 Å². The average Bonchev–Trinajstić information content (AvgIpc) is 1.98. The topological polar surface area (TPSA) is 32.7 Å². The summed E-state index contributed by atoms with van der Waals surface area (Å²) in [6.07, 6.45) is 0. The molecule has 0 saturated carbocycles. The van der Waals surface area contributed by atoms with Crippen LogP contribution in [0.2, 0.25) is 0 Å². The Morgan fingerprint density at radius 3 is 2.33 bits per heavy atom. The molecule has 1 amide bonds. The molecule has 0 saturated heterocycles. The van der Waals surface area contributed by atoms with Gasteiger partial charge in [-0.25, -0.2) is 5.01 Å². The molecule has 1 rings (SSSR count). The number of hydrazone groups is 1. The van der Waals surface area contributed by atoms with Crippen LogP contribution in [0.5, 0.6) is 0 Å². The van der Waals surface area contributed by atoms with Gasteiger partial charge < -0.3 is 0 Å². The summed E-state index contributed by atoms with van der Waals surface area (Å²) in [5.74, 6) is 0.0856. The van der Waals surface area contributed by atoms with Crippen LogP contribution in [-0.2, 0) is 4.79 Å². The van der Waals surface area contributed by atoms with Gasteiger partial charge in [-0.2, -0.15) is 5.10 Å². The second kappa shape index (κ2) is 1.83. The number of hydrogen-bond donors (Lipinski definition) is 0. The van der Waals surface area contributed by atoms with Gasteiger partial charge in [-0.3, -0.25) is 4.79 Å². The normalized spacial score (nSPS) is 27.0. The highest BCUT2D eigenvalue weighted by Gasteiger charge is 2.25. The van der Waals surface area contributed by atoms with Crippen LogP contribution < -0.4 is 0 Å². The minimum Gasteiger partial charge on any atom is -0.272 e. The predicted octanol–water partition coefficient (Wildman–Crippen LogP) is 0.470. The fraction of sp³-hybridized carbons (Fsp3) is 0.667. The number of rotatable bonds is 0. The lowest BCUT2D eigenvalue weighted by molar-refractivity contribution is -0.130. The van der Waals surface area contributed by atoms with Gasteiger partial charge in [0.2, 0.25) is 0 Å². The van der Waals surface area contributed by atoms with E-state index in [1.54, 1.807) is 7.05 Å². The van der Waals surface area contributed by atoms with Gasteiger partial charge in [0.25, 0.3) is 5.91 Å². The Morgan fingerprint density at radius 1 is 1.67 bits per heavy atom. The number of nitrogens with zero attached hydrogens (tertiary/aromatic N) is 2. The summed E-state index contributed by atoms with van der Waals surface area (Å²) >= 11 is 0. The summed E-state index contributed by atoms with van der Waals surface area (Å²) in [5, 5.41) is 5.34. The molecule has 0 spiro atoms. The zero-order chi connectivity index (χ0) is 7.02. The Labute approximate surface area is 54.3 Å². The molecule has 0 aromatic carbocycles. The van der Waals surface area contributed by atoms with Crippen molar-refractivity contribution in [2.24, 2.45) is 11.0 Å². The fourth-order valence-electron chi connectivity index (χ4n) is 0.831. The molecule has 3 heteroatoms. The largest absolute Gasteiger partial charge is 0.272 e. The minimum atomic E-state index is -0.00463. The smallest absolute Gasteiger partial charge is 0.250 e. The Bertz CT molecular complexity index is 174. The molecule has 0 fully saturated rings. The van der Waals surface area contributed by atoms with Gasteiger partial charge in [0.1, 0.15) is 0 Å². The van der Waals surface area contributed by atoms with Crippen molar-refractivity contribution in [3.8, 4) is 0 Å². The number of carbonyl (C=O) groups is 1. The van der Waals surface area contributed by atoms with Crippen molar-refractivity contribution >= 4 is 11.6 Å². The fourth-order valence-corrected chi connectivity index (χ4v) is 0.831. The van der Waals surface area contributed by atoms with Crippen LogP contribution in [0.4, 0.5) is 0 Å². The third kappa shape index (κ3) is 0.823. The highest BCUT2D eigenvalue weighted by molar-refractivity contribution is 6.06. The molecule has 1 atom stereocenters. The maximum atomic E-state index is 10.9. The van der Waals surface area contributed by atoms with Crippen LogP contribution in [0.3, 0.4) is 0 Å². The first-order valence-electron chi connectivity index (χ1n) is 2.95. The third-order valence-corrected chi connectivity index (χ3v) is 1.62. The summed E-state index contributed by atoms with van der Waals surface area (Å²) in [6, 6.07) is 0. The van der Waals surface area contributed by atoms with Crippen LogP contribution in [0.25, 0.3) is 0 Å². The van der Waals surface area contributed by atoms with Crippen molar-refractivity contribution in [3.05, 3.63) is 0 Å². The summed E-state index contributed by atoms with van der Waals surface area (Å²) in [4.78, 5) is 10.9. The van der Waals surface area contributed by atoms with Crippen molar-refractivity contribution in [3.63, 3.8) is 0 Å². The second-order valence-corrected chi connectivity index (χ2v) is 2.32. The molecule has 50 valence electrons. The van der Waals surface area contributed by atoms with E-state index in [0.717, 1.165) is 5.71 Å². The monoisotopic (exact) mass is 126 g/mol. The lowest BCUT2D eigenvalue weighted by Crippen LogP contribution is -2.21. The van der Waals surface area contributed by atoms with Crippen LogP contribution in [-0.4, -0.2) is 23.7 Å². The Morgan fingerprint density at radius 2 is 2.22 bits per heavy atom. The van der Waals surface area contributed by atoms with E-state index >= 15 is 0 Å². The summed E-state index contributed by atoms with van der Waals surface area (Å²) < 4.78 is 0. The predicted molar refractivity (Wildman–Crippen MR) is 35.0 cm³/mol. The van der Waals surface area contributed by atoms with Gasteiger partial charge in [0.15, 0.2) is 0 Å². The minimum absolute atomic E-state index is 0.00463. The first-order valence-corrected chi connectivity index (χ1v) is 2.95. The Hall–Kier alpha value is -0.860. The van der Waals surface area contributed by atoms with E-state index in [-0.39, 0.29) is 11.8 Å². The first kappa shape index (κ1) is 6.26. The van der Waals surface area contributed by atoms with Crippen LogP contribution in [0.1, 0.15) is 13.8 Å². The Balaban J connectivity index is 2.82. The van der Waals surface area contributed by atoms with Crippen LogP contribution >= 0.6 is 0 Å². The number of carbonyl (C=O) groups excluding carboxylic acids is 1. The molecule has 0 N–H and O–H groups in total. The van der Waals surface area contributed by atoms with Gasteiger partial charge in [0.05, 0.1) is 5.92 Å². The van der Waals surface area contributed by atoms with Crippen LogP contribution in [0, 0.1) is 5.92 Å². The summed E-state index contributed by atoms with van der Waals surface area (Å²) in [5.41, 5.74) is 0.905. The summed E-state index contributed by atoms with van der Waals surface area (Å²) in [7, 11) is 1.68. The molecule has 0 aliphatic carbocycles. The van der Waals surface area contributed by atoms with E-state index in [2.05, 4.69) is 5.10 Å². The van der Waals surface area contributed by atoms with E-state index in [0.29, 0.717) is 0 Å². The zero-order valence-corrected chi connectivity index (χ0v) is 5.88. The molecule has 0 bridgehead atoms. The lowest BCUT2D eigenvalue weighted by Gasteiger charge is -2.02. The number of hydrogen-bond acceptors (Lipinski definition) is 2. The highest BCUT2D eigenvalue weighted by atomic mass is 16.2. The Kier molecular flexibility index (Phi) is 1.27. The third-order valence-electron chi connectivity index (χ3n) is 1.62. The highest BCUT2D eigenvalue weighted by Crippen LogP contribution is 2.11. The first-order chi connectivity index (χ1) is 4.13. The SMILES string of the molecule is CC1=NN(C)C(=O)[C@@H]1C. The molecule has 0 aromatic heterocycles. The summed E-state index contributed by atoms with van der Waals surface area (Å²) in [6.45, 7) is 3.73. The van der Waals surface area contributed by atoms with E-state index in [1.165, 1.54) is 5.01 Å². The van der Waals surface area contributed by atoms with Gasteiger partial charge in [0, 0.05) is 12.8 Å². The average molecular weight is 126 g/mol. The van der Waals surface area contributed by atoms with Gasteiger partial charge >= 0.3 is 0 Å². The van der Waals surface area contributed by atoms with Crippen molar-refractivity contribution in [1.82, 2.24) is 5.01 Å². The van der Waals surface area contributed by atoms with Gasteiger partial charge in [-0.1, -0.05) is 0 Å². The maximum absolute atomic E-state index is 10.9. The quantitative estimate of drug-likeness (QED) is 0.464. The molecule has 9 heavy (non-hydrogen) atoms. The number of amides is 1. The molecule has 3 nitrogen and oxygen atoms in total. The molecule has 0 aromatic rings. The van der Waals surface area contributed by atoms with Crippen molar-refractivity contribution in [2.45, 2.75) is 13.8 Å². The molecule has 0 radical (unpaired) electrons. The molecule has 0 unspecified atom stereocenters. The van der Waals surface area contributed by atoms with E-state index in [1.807, 2.05) is 13.8 Å².